The average molecular weight is 194 g/mol. The maximum absolute atomic E-state index is 12.5. The van der Waals surface area contributed by atoms with Gasteiger partial charge in [-0.15, -0.1) is 0 Å². The Morgan fingerprint density at radius 3 is 2.43 bits per heavy atom. The molecule has 0 bridgehead atoms. The van der Waals surface area contributed by atoms with Crippen molar-refractivity contribution in [1.82, 2.24) is 0 Å². The molecule has 0 fully saturated rings. The molecule has 0 unspecified atom stereocenters. The summed E-state index contributed by atoms with van der Waals surface area (Å²) in [5.74, 6) is -0.187. The molecule has 0 aliphatic heterocycles. The van der Waals surface area contributed by atoms with Crippen LogP contribution in [0.4, 0.5) is 4.39 Å². The lowest BCUT2D eigenvalue weighted by molar-refractivity contribution is 0.0979. The molecular formula is C12H15FO. The summed E-state index contributed by atoms with van der Waals surface area (Å²) < 4.78 is 12.5. The van der Waals surface area contributed by atoms with Crippen molar-refractivity contribution in [3.8, 4) is 0 Å². The highest BCUT2D eigenvalue weighted by atomic mass is 19.1. The number of halogens is 1. The van der Waals surface area contributed by atoms with Gasteiger partial charge in [-0.2, -0.15) is 0 Å². The van der Waals surface area contributed by atoms with Gasteiger partial charge in [0.1, 0.15) is 5.82 Å². The van der Waals surface area contributed by atoms with Crippen LogP contribution in [-0.4, -0.2) is 5.78 Å². The number of hydrogen-bond donors (Lipinski definition) is 0. The summed E-state index contributed by atoms with van der Waals surface area (Å²) in [6.45, 7) is 2.10. The molecule has 1 nitrogen and oxygen atoms in total. The fourth-order valence-corrected chi connectivity index (χ4v) is 1.32. The van der Waals surface area contributed by atoms with Gasteiger partial charge >= 0.3 is 0 Å². The third kappa shape index (κ3) is 3.29. The van der Waals surface area contributed by atoms with Gasteiger partial charge in [-0.3, -0.25) is 4.79 Å². The smallest absolute Gasteiger partial charge is 0.162 e. The van der Waals surface area contributed by atoms with Crippen LogP contribution in [0.2, 0.25) is 0 Å². The van der Waals surface area contributed by atoms with E-state index in [4.69, 9.17) is 0 Å². The van der Waals surface area contributed by atoms with Gasteiger partial charge in [-0.25, -0.2) is 4.39 Å². The van der Waals surface area contributed by atoms with Crippen LogP contribution in [0, 0.1) is 5.82 Å². The van der Waals surface area contributed by atoms with Gasteiger partial charge in [0, 0.05) is 12.0 Å². The molecule has 0 radical (unpaired) electrons. The largest absolute Gasteiger partial charge is 0.294 e. The van der Waals surface area contributed by atoms with E-state index in [0.29, 0.717) is 12.0 Å². The topological polar surface area (TPSA) is 17.1 Å². The van der Waals surface area contributed by atoms with Crippen molar-refractivity contribution in [2.45, 2.75) is 32.6 Å². The molecule has 14 heavy (non-hydrogen) atoms. The van der Waals surface area contributed by atoms with Crippen LogP contribution in [0.1, 0.15) is 43.0 Å². The van der Waals surface area contributed by atoms with Crippen molar-refractivity contribution in [2.75, 3.05) is 0 Å². The van der Waals surface area contributed by atoms with E-state index in [-0.39, 0.29) is 11.6 Å². The monoisotopic (exact) mass is 194 g/mol. The fraction of sp³-hybridized carbons (Fsp3) is 0.417. The van der Waals surface area contributed by atoms with Crippen LogP contribution in [0.3, 0.4) is 0 Å². The van der Waals surface area contributed by atoms with Crippen LogP contribution in [0.15, 0.2) is 24.3 Å². The van der Waals surface area contributed by atoms with Crippen molar-refractivity contribution in [1.29, 1.82) is 0 Å². The van der Waals surface area contributed by atoms with Crippen molar-refractivity contribution in [2.24, 2.45) is 0 Å². The summed E-state index contributed by atoms with van der Waals surface area (Å²) in [4.78, 5) is 11.5. The molecule has 0 saturated heterocycles. The number of unbranched alkanes of at least 4 members (excludes halogenated alkanes) is 2. The summed E-state index contributed by atoms with van der Waals surface area (Å²) in [5, 5.41) is 0. The fourth-order valence-electron chi connectivity index (χ4n) is 1.32. The first-order chi connectivity index (χ1) is 6.74. The second kappa shape index (κ2) is 5.53. The van der Waals surface area contributed by atoms with Crippen LogP contribution in [-0.2, 0) is 0 Å². The predicted octanol–water partition coefficient (Wildman–Crippen LogP) is 3.59. The number of carbonyl (C=O) groups is 1. The molecule has 0 heterocycles. The minimum Gasteiger partial charge on any atom is -0.294 e. The number of Topliss-reactive ketones (excluding diaryl/α,β-unsaturated/α-hetero) is 1. The summed E-state index contributed by atoms with van der Waals surface area (Å²) in [7, 11) is 0. The Hall–Kier alpha value is -1.18. The van der Waals surface area contributed by atoms with Crippen molar-refractivity contribution in [3.63, 3.8) is 0 Å². The minimum atomic E-state index is -0.296. The highest BCUT2D eigenvalue weighted by Gasteiger charge is 2.04. The zero-order valence-corrected chi connectivity index (χ0v) is 8.42. The first-order valence-electron chi connectivity index (χ1n) is 5.03. The summed E-state index contributed by atoms with van der Waals surface area (Å²) in [6.07, 6.45) is 3.68. The van der Waals surface area contributed by atoms with Crippen LogP contribution >= 0.6 is 0 Å². The van der Waals surface area contributed by atoms with E-state index >= 15 is 0 Å². The quantitative estimate of drug-likeness (QED) is 0.517. The average Bonchev–Trinajstić information content (AvgIpc) is 2.19. The van der Waals surface area contributed by atoms with Gasteiger partial charge in [0.2, 0.25) is 0 Å². The molecule has 1 rings (SSSR count). The SMILES string of the molecule is CCCCCC(=O)c1ccc(F)cc1. The Labute approximate surface area is 83.9 Å². The molecular weight excluding hydrogens is 179 g/mol. The van der Waals surface area contributed by atoms with E-state index in [1.54, 1.807) is 12.1 Å². The van der Waals surface area contributed by atoms with E-state index in [2.05, 4.69) is 6.92 Å². The van der Waals surface area contributed by atoms with E-state index in [0.717, 1.165) is 19.3 Å². The molecule has 0 amide bonds. The van der Waals surface area contributed by atoms with Gasteiger partial charge in [-0.05, 0) is 30.7 Å². The third-order valence-corrected chi connectivity index (χ3v) is 2.17. The maximum atomic E-state index is 12.5. The zero-order valence-electron chi connectivity index (χ0n) is 8.42. The number of benzene rings is 1. The number of rotatable bonds is 5. The normalized spacial score (nSPS) is 10.1. The Morgan fingerprint density at radius 1 is 1.21 bits per heavy atom. The Balaban J connectivity index is 2.48. The van der Waals surface area contributed by atoms with Gasteiger partial charge in [0.15, 0.2) is 5.78 Å². The molecule has 0 saturated carbocycles. The first-order valence-corrected chi connectivity index (χ1v) is 5.03. The highest BCUT2D eigenvalue weighted by molar-refractivity contribution is 5.95. The summed E-state index contributed by atoms with van der Waals surface area (Å²) >= 11 is 0. The number of ketones is 1. The van der Waals surface area contributed by atoms with Gasteiger partial charge in [0.25, 0.3) is 0 Å². The molecule has 1 aromatic carbocycles. The molecule has 0 N–H and O–H groups in total. The minimum absolute atomic E-state index is 0.110. The molecule has 0 aliphatic rings. The van der Waals surface area contributed by atoms with Gasteiger partial charge in [0.05, 0.1) is 0 Å². The lowest BCUT2D eigenvalue weighted by Crippen LogP contribution is -1.98. The molecule has 0 aromatic heterocycles. The lowest BCUT2D eigenvalue weighted by Gasteiger charge is -1.99. The predicted molar refractivity (Wildman–Crippen MR) is 54.9 cm³/mol. The number of hydrogen-bond acceptors (Lipinski definition) is 1. The maximum Gasteiger partial charge on any atom is 0.162 e. The van der Waals surface area contributed by atoms with E-state index in [9.17, 15) is 9.18 Å². The standard InChI is InChI=1S/C12H15FO/c1-2-3-4-5-12(14)10-6-8-11(13)9-7-10/h6-9H,2-5H2,1H3. The Morgan fingerprint density at radius 2 is 1.86 bits per heavy atom. The van der Waals surface area contributed by atoms with Crippen LogP contribution in [0.25, 0.3) is 0 Å². The van der Waals surface area contributed by atoms with Gasteiger partial charge in [-0.1, -0.05) is 19.8 Å². The molecule has 76 valence electrons. The summed E-state index contributed by atoms with van der Waals surface area (Å²) in [5.41, 5.74) is 0.613. The van der Waals surface area contributed by atoms with Crippen LogP contribution < -0.4 is 0 Å². The molecule has 2 heteroatoms. The molecule has 1 aromatic rings. The second-order valence-electron chi connectivity index (χ2n) is 3.39. The number of carbonyl (C=O) groups excluding carboxylic acids is 1. The van der Waals surface area contributed by atoms with Crippen molar-refractivity contribution in [3.05, 3.63) is 35.6 Å². The van der Waals surface area contributed by atoms with Crippen molar-refractivity contribution >= 4 is 5.78 Å². The van der Waals surface area contributed by atoms with E-state index < -0.39 is 0 Å². The summed E-state index contributed by atoms with van der Waals surface area (Å²) in [6, 6.07) is 5.74. The zero-order chi connectivity index (χ0) is 10.4. The highest BCUT2D eigenvalue weighted by Crippen LogP contribution is 2.09. The van der Waals surface area contributed by atoms with E-state index in [1.807, 2.05) is 0 Å². The third-order valence-electron chi connectivity index (χ3n) is 2.17. The molecule has 0 atom stereocenters. The Bertz CT molecular complexity index is 290. The second-order valence-corrected chi connectivity index (χ2v) is 3.39. The van der Waals surface area contributed by atoms with Crippen molar-refractivity contribution < 1.29 is 9.18 Å². The molecule has 0 aliphatic carbocycles. The first kappa shape index (κ1) is 10.9. The lowest BCUT2D eigenvalue weighted by atomic mass is 10.1. The Kier molecular flexibility index (Phi) is 4.30. The van der Waals surface area contributed by atoms with Gasteiger partial charge < -0.3 is 0 Å². The van der Waals surface area contributed by atoms with E-state index in [1.165, 1.54) is 12.1 Å². The van der Waals surface area contributed by atoms with Crippen LogP contribution in [0.5, 0.6) is 0 Å². The molecule has 0 spiro atoms.